The zero-order valence-electron chi connectivity index (χ0n) is 11.7. The molecule has 0 spiro atoms. The first-order valence-corrected chi connectivity index (χ1v) is 7.63. The summed E-state index contributed by atoms with van der Waals surface area (Å²) in [4.78, 5) is 2.67. The van der Waals surface area contributed by atoms with Crippen LogP contribution in [-0.2, 0) is 13.1 Å². The highest BCUT2D eigenvalue weighted by atomic mass is 32.1. The van der Waals surface area contributed by atoms with Crippen molar-refractivity contribution < 1.29 is 0 Å². The van der Waals surface area contributed by atoms with E-state index in [1.165, 1.54) is 9.75 Å². The van der Waals surface area contributed by atoms with E-state index in [0.717, 1.165) is 24.1 Å². The molecule has 2 aromatic heterocycles. The average Bonchev–Trinajstić information content (AvgIpc) is 3.05. The van der Waals surface area contributed by atoms with Gasteiger partial charge in [0.2, 0.25) is 0 Å². The lowest BCUT2D eigenvalue weighted by atomic mass is 10.3. The molecule has 0 aliphatic carbocycles. The van der Waals surface area contributed by atoms with Crippen molar-refractivity contribution in [3.05, 3.63) is 46.2 Å². The van der Waals surface area contributed by atoms with Gasteiger partial charge in [0.05, 0.1) is 12.1 Å². The second-order valence-electron chi connectivity index (χ2n) is 5.14. The van der Waals surface area contributed by atoms with Gasteiger partial charge in [0, 0.05) is 22.3 Å². The van der Waals surface area contributed by atoms with Crippen LogP contribution in [0.2, 0.25) is 0 Å². The Morgan fingerprint density at radius 3 is 2.80 bits per heavy atom. The van der Waals surface area contributed by atoms with Crippen LogP contribution in [0.25, 0.3) is 11.0 Å². The lowest BCUT2D eigenvalue weighted by Gasteiger charge is -2.05. The zero-order chi connectivity index (χ0) is 13.9. The van der Waals surface area contributed by atoms with Crippen molar-refractivity contribution in [2.45, 2.75) is 33.0 Å². The topological polar surface area (TPSA) is 42.7 Å². The van der Waals surface area contributed by atoms with Crippen molar-refractivity contribution in [3.8, 4) is 0 Å². The van der Waals surface area contributed by atoms with Crippen molar-refractivity contribution in [2.24, 2.45) is 0 Å². The third-order valence-electron chi connectivity index (χ3n) is 3.13. The molecule has 0 bridgehead atoms. The van der Waals surface area contributed by atoms with Crippen LogP contribution < -0.4 is 5.32 Å². The summed E-state index contributed by atoms with van der Waals surface area (Å²) >= 11 is 1.83. The Morgan fingerprint density at radius 1 is 1.15 bits per heavy atom. The summed E-state index contributed by atoms with van der Waals surface area (Å²) in [6.07, 6.45) is 0. The van der Waals surface area contributed by atoms with Crippen LogP contribution in [0.3, 0.4) is 0 Å². The van der Waals surface area contributed by atoms with E-state index >= 15 is 0 Å². The van der Waals surface area contributed by atoms with Gasteiger partial charge in [-0.25, -0.2) is 4.68 Å². The molecular weight excluding hydrogens is 268 g/mol. The largest absolute Gasteiger partial charge is 0.310 e. The molecule has 0 atom stereocenters. The SMILES string of the molecule is CC(C)NCc1ccc(Cn2nnc3ccccc32)s1. The molecular formula is C15H18N4S. The number of nitrogens with zero attached hydrogens (tertiary/aromatic N) is 3. The van der Waals surface area contributed by atoms with Crippen LogP contribution in [0.1, 0.15) is 23.6 Å². The molecule has 0 aliphatic rings. The van der Waals surface area contributed by atoms with E-state index in [1.54, 1.807) is 0 Å². The minimum absolute atomic E-state index is 0.514. The van der Waals surface area contributed by atoms with E-state index < -0.39 is 0 Å². The number of rotatable bonds is 5. The standard InChI is InChI=1S/C15H18N4S/c1-11(2)16-9-12-7-8-13(20-12)10-19-15-6-4-3-5-14(15)17-18-19/h3-8,11,16H,9-10H2,1-2H3. The summed E-state index contributed by atoms with van der Waals surface area (Å²) in [5.41, 5.74) is 2.04. The Balaban J connectivity index is 1.74. The number of thiophene rings is 1. The maximum absolute atomic E-state index is 4.23. The summed E-state index contributed by atoms with van der Waals surface area (Å²) in [5, 5.41) is 11.9. The molecule has 0 aliphatic heterocycles. The molecule has 1 N–H and O–H groups in total. The van der Waals surface area contributed by atoms with Gasteiger partial charge in [0.15, 0.2) is 0 Å². The van der Waals surface area contributed by atoms with E-state index in [1.807, 2.05) is 34.2 Å². The number of hydrogen-bond donors (Lipinski definition) is 1. The number of fused-ring (bicyclic) bond motifs is 1. The third-order valence-corrected chi connectivity index (χ3v) is 4.20. The predicted octanol–water partition coefficient (Wildman–Crippen LogP) is 3.04. The number of nitrogens with one attached hydrogen (secondary N) is 1. The van der Waals surface area contributed by atoms with E-state index in [0.29, 0.717) is 6.04 Å². The molecule has 3 rings (SSSR count). The number of para-hydroxylation sites is 1. The molecule has 5 heteroatoms. The minimum atomic E-state index is 0.514. The molecule has 104 valence electrons. The van der Waals surface area contributed by atoms with Crippen molar-refractivity contribution in [1.82, 2.24) is 20.3 Å². The smallest absolute Gasteiger partial charge is 0.113 e. The normalized spacial score (nSPS) is 11.6. The van der Waals surface area contributed by atoms with E-state index in [-0.39, 0.29) is 0 Å². The van der Waals surface area contributed by atoms with Crippen LogP contribution >= 0.6 is 11.3 Å². The Labute approximate surface area is 122 Å². The van der Waals surface area contributed by atoms with E-state index in [9.17, 15) is 0 Å². The van der Waals surface area contributed by atoms with Crippen molar-refractivity contribution in [2.75, 3.05) is 0 Å². The first-order valence-electron chi connectivity index (χ1n) is 6.81. The highest BCUT2D eigenvalue weighted by Gasteiger charge is 2.06. The van der Waals surface area contributed by atoms with Gasteiger partial charge in [-0.05, 0) is 24.3 Å². The first-order chi connectivity index (χ1) is 9.72. The molecule has 0 fully saturated rings. The molecule has 4 nitrogen and oxygen atoms in total. The molecule has 1 aromatic carbocycles. The summed E-state index contributed by atoms with van der Waals surface area (Å²) in [7, 11) is 0. The Kier molecular flexibility index (Phi) is 3.80. The quantitative estimate of drug-likeness (QED) is 0.784. The van der Waals surface area contributed by atoms with Gasteiger partial charge in [-0.3, -0.25) is 0 Å². The average molecular weight is 286 g/mol. The highest BCUT2D eigenvalue weighted by Crippen LogP contribution is 2.19. The fourth-order valence-electron chi connectivity index (χ4n) is 2.09. The van der Waals surface area contributed by atoms with Gasteiger partial charge < -0.3 is 5.32 Å². The van der Waals surface area contributed by atoms with Gasteiger partial charge in [0.25, 0.3) is 0 Å². The van der Waals surface area contributed by atoms with E-state index in [4.69, 9.17) is 0 Å². The molecule has 0 saturated heterocycles. The number of aromatic nitrogens is 3. The summed E-state index contributed by atoms with van der Waals surface area (Å²) in [6, 6.07) is 12.9. The fourth-order valence-corrected chi connectivity index (χ4v) is 3.04. The Morgan fingerprint density at radius 2 is 1.95 bits per heavy atom. The van der Waals surface area contributed by atoms with Gasteiger partial charge >= 0.3 is 0 Å². The lowest BCUT2D eigenvalue weighted by Crippen LogP contribution is -2.21. The molecule has 0 amide bonds. The molecule has 20 heavy (non-hydrogen) atoms. The van der Waals surface area contributed by atoms with Crippen LogP contribution in [0, 0.1) is 0 Å². The van der Waals surface area contributed by atoms with Gasteiger partial charge in [-0.15, -0.1) is 16.4 Å². The second-order valence-corrected chi connectivity index (χ2v) is 6.39. The second kappa shape index (κ2) is 5.73. The first kappa shape index (κ1) is 13.3. The summed E-state index contributed by atoms with van der Waals surface area (Å²) in [5.74, 6) is 0. The van der Waals surface area contributed by atoms with Crippen LogP contribution in [0.5, 0.6) is 0 Å². The summed E-state index contributed by atoms with van der Waals surface area (Å²) in [6.45, 7) is 6.04. The maximum Gasteiger partial charge on any atom is 0.113 e. The molecule has 2 heterocycles. The third kappa shape index (κ3) is 2.89. The van der Waals surface area contributed by atoms with Gasteiger partial charge in [0.1, 0.15) is 5.52 Å². The maximum atomic E-state index is 4.23. The van der Waals surface area contributed by atoms with E-state index in [2.05, 4.69) is 47.7 Å². The van der Waals surface area contributed by atoms with Gasteiger partial charge in [-0.1, -0.05) is 31.2 Å². The van der Waals surface area contributed by atoms with Crippen molar-refractivity contribution in [3.63, 3.8) is 0 Å². The van der Waals surface area contributed by atoms with Crippen LogP contribution in [0.4, 0.5) is 0 Å². The number of benzene rings is 1. The predicted molar refractivity (Wildman–Crippen MR) is 82.9 cm³/mol. The van der Waals surface area contributed by atoms with Crippen LogP contribution in [0.15, 0.2) is 36.4 Å². The molecule has 0 saturated carbocycles. The minimum Gasteiger partial charge on any atom is -0.310 e. The Bertz CT molecular complexity index is 699. The lowest BCUT2D eigenvalue weighted by molar-refractivity contribution is 0.593. The fraction of sp³-hybridized carbons (Fsp3) is 0.333. The number of hydrogen-bond acceptors (Lipinski definition) is 4. The van der Waals surface area contributed by atoms with Gasteiger partial charge in [-0.2, -0.15) is 0 Å². The summed E-state index contributed by atoms with van der Waals surface area (Å²) < 4.78 is 1.96. The molecule has 0 unspecified atom stereocenters. The Hall–Kier alpha value is -1.72. The monoisotopic (exact) mass is 286 g/mol. The zero-order valence-corrected chi connectivity index (χ0v) is 12.5. The molecule has 3 aromatic rings. The van der Waals surface area contributed by atoms with Crippen molar-refractivity contribution in [1.29, 1.82) is 0 Å². The van der Waals surface area contributed by atoms with Crippen molar-refractivity contribution >= 4 is 22.4 Å². The van der Waals surface area contributed by atoms with Crippen LogP contribution in [-0.4, -0.2) is 21.0 Å². The highest BCUT2D eigenvalue weighted by molar-refractivity contribution is 7.11. The molecule has 0 radical (unpaired) electrons.